The van der Waals surface area contributed by atoms with E-state index in [1.54, 1.807) is 6.92 Å². The number of rotatable bonds is 3. The average Bonchev–Trinajstić information content (AvgIpc) is 2.21. The van der Waals surface area contributed by atoms with Crippen LogP contribution in [0.5, 0.6) is 0 Å². The molecule has 2 N–H and O–H groups in total. The molecule has 0 spiro atoms. The van der Waals surface area contributed by atoms with Gasteiger partial charge in [-0.25, -0.2) is 18.6 Å². The predicted molar refractivity (Wildman–Crippen MR) is 57.3 cm³/mol. The Morgan fingerprint density at radius 2 is 2.31 bits per heavy atom. The Morgan fingerprint density at radius 3 is 2.81 bits per heavy atom. The number of ether oxygens (including phenoxy) is 1. The van der Waals surface area contributed by atoms with Gasteiger partial charge in [0.25, 0.3) is 6.43 Å². The number of nitrogens with two attached hydrogens (primary N) is 1. The third-order valence-electron chi connectivity index (χ3n) is 1.82. The first-order valence-corrected chi connectivity index (χ1v) is 5.17. The van der Waals surface area contributed by atoms with E-state index in [0.717, 1.165) is 6.20 Å². The zero-order chi connectivity index (χ0) is 12.3. The Hall–Kier alpha value is -1.24. The highest BCUT2D eigenvalue weighted by Gasteiger charge is 2.24. The van der Waals surface area contributed by atoms with Gasteiger partial charge in [-0.15, -0.1) is 0 Å². The summed E-state index contributed by atoms with van der Waals surface area (Å²) in [4.78, 5) is 15.0. The lowest BCUT2D eigenvalue weighted by Gasteiger charge is -2.11. The molecule has 0 atom stereocenters. The second kappa shape index (κ2) is 5.20. The fourth-order valence-corrected chi connectivity index (χ4v) is 1.44. The fraction of sp³-hybridized carbons (Fsp3) is 0.333. The molecule has 0 bridgehead atoms. The van der Waals surface area contributed by atoms with Crippen LogP contribution < -0.4 is 5.73 Å². The van der Waals surface area contributed by atoms with Gasteiger partial charge < -0.3 is 10.5 Å². The molecule has 0 fully saturated rings. The predicted octanol–water partition coefficient (Wildman–Crippen LogP) is 2.54. The molecule has 0 unspecified atom stereocenters. The monoisotopic (exact) mass is 294 g/mol. The Balaban J connectivity index is 3.28. The Morgan fingerprint density at radius 1 is 1.69 bits per heavy atom. The van der Waals surface area contributed by atoms with Crippen LogP contribution >= 0.6 is 15.9 Å². The van der Waals surface area contributed by atoms with Crippen LogP contribution in [0.2, 0.25) is 0 Å². The van der Waals surface area contributed by atoms with Gasteiger partial charge >= 0.3 is 5.97 Å². The first-order valence-electron chi connectivity index (χ1n) is 4.38. The summed E-state index contributed by atoms with van der Waals surface area (Å²) < 4.78 is 30.2. The Bertz CT molecular complexity index is 413. The van der Waals surface area contributed by atoms with E-state index >= 15 is 0 Å². The summed E-state index contributed by atoms with van der Waals surface area (Å²) in [7, 11) is 0. The first-order chi connectivity index (χ1) is 7.49. The number of esters is 1. The Kier molecular flexibility index (Phi) is 4.17. The standard InChI is InChI=1S/C9H9BrF2N2O2/c1-2-16-9(15)4-3-14-7(10)6(13)5(4)8(11)12/h3,8H,2,13H2,1H3. The molecule has 1 aromatic rings. The van der Waals surface area contributed by atoms with Crippen molar-refractivity contribution in [2.75, 3.05) is 12.3 Å². The number of nitrogens with zero attached hydrogens (tertiary/aromatic N) is 1. The van der Waals surface area contributed by atoms with Gasteiger partial charge in [-0.1, -0.05) is 0 Å². The molecular formula is C9H9BrF2N2O2. The quantitative estimate of drug-likeness (QED) is 0.687. The van der Waals surface area contributed by atoms with Crippen LogP contribution in [0.1, 0.15) is 29.3 Å². The smallest absolute Gasteiger partial charge is 0.340 e. The van der Waals surface area contributed by atoms with Gasteiger partial charge in [-0.05, 0) is 22.9 Å². The zero-order valence-electron chi connectivity index (χ0n) is 8.34. The third-order valence-corrected chi connectivity index (χ3v) is 2.46. The summed E-state index contributed by atoms with van der Waals surface area (Å²) >= 11 is 2.92. The van der Waals surface area contributed by atoms with Gasteiger partial charge in [0.15, 0.2) is 0 Å². The SMILES string of the molecule is CCOC(=O)c1cnc(Br)c(N)c1C(F)F. The van der Waals surface area contributed by atoms with Crippen molar-refractivity contribution in [2.45, 2.75) is 13.3 Å². The molecule has 16 heavy (non-hydrogen) atoms. The topological polar surface area (TPSA) is 65.2 Å². The summed E-state index contributed by atoms with van der Waals surface area (Å²) in [6.07, 6.45) is -1.85. The lowest BCUT2D eigenvalue weighted by atomic mass is 10.1. The van der Waals surface area contributed by atoms with Crippen LogP contribution in [0.15, 0.2) is 10.8 Å². The molecule has 1 aromatic heterocycles. The van der Waals surface area contributed by atoms with E-state index < -0.39 is 18.0 Å². The van der Waals surface area contributed by atoms with E-state index in [2.05, 4.69) is 25.7 Å². The molecule has 4 nitrogen and oxygen atoms in total. The molecule has 0 aliphatic rings. The van der Waals surface area contributed by atoms with Crippen LogP contribution in [-0.2, 0) is 4.74 Å². The van der Waals surface area contributed by atoms with Crippen molar-refractivity contribution >= 4 is 27.6 Å². The summed E-state index contributed by atoms with van der Waals surface area (Å²) in [6, 6.07) is 0. The van der Waals surface area contributed by atoms with Crippen molar-refractivity contribution in [3.05, 3.63) is 21.9 Å². The lowest BCUT2D eigenvalue weighted by molar-refractivity contribution is 0.0515. The summed E-state index contributed by atoms with van der Waals surface area (Å²) in [5.41, 5.74) is 4.31. The minimum absolute atomic E-state index is 0.0795. The number of nitrogen functional groups attached to an aromatic ring is 1. The largest absolute Gasteiger partial charge is 0.462 e. The number of carbonyl (C=O) groups excluding carboxylic acids is 1. The van der Waals surface area contributed by atoms with Gasteiger partial charge in [-0.2, -0.15) is 0 Å². The van der Waals surface area contributed by atoms with Crippen LogP contribution in [0.25, 0.3) is 0 Å². The number of anilines is 1. The first kappa shape index (κ1) is 12.8. The van der Waals surface area contributed by atoms with Crippen molar-refractivity contribution in [2.24, 2.45) is 0 Å². The number of alkyl halides is 2. The van der Waals surface area contributed by atoms with Crippen molar-refractivity contribution < 1.29 is 18.3 Å². The maximum absolute atomic E-state index is 12.7. The molecule has 0 aliphatic carbocycles. The minimum Gasteiger partial charge on any atom is -0.462 e. The summed E-state index contributed by atoms with van der Waals surface area (Å²) in [5, 5.41) is 0. The number of carbonyl (C=O) groups is 1. The number of hydrogen-bond donors (Lipinski definition) is 1. The van der Waals surface area contributed by atoms with Crippen LogP contribution in [0.4, 0.5) is 14.5 Å². The van der Waals surface area contributed by atoms with Gasteiger partial charge in [0.2, 0.25) is 0 Å². The molecular weight excluding hydrogens is 286 g/mol. The number of pyridine rings is 1. The average molecular weight is 295 g/mol. The molecule has 88 valence electrons. The van der Waals surface area contributed by atoms with Crippen molar-refractivity contribution in [3.8, 4) is 0 Å². The van der Waals surface area contributed by atoms with Gasteiger partial charge in [0.1, 0.15) is 4.60 Å². The fourth-order valence-electron chi connectivity index (χ4n) is 1.12. The molecule has 0 saturated carbocycles. The minimum atomic E-state index is -2.86. The normalized spacial score (nSPS) is 10.6. The number of halogens is 3. The van der Waals surface area contributed by atoms with Gasteiger partial charge in [0, 0.05) is 6.20 Å². The van der Waals surface area contributed by atoms with Gasteiger partial charge in [0.05, 0.1) is 23.4 Å². The highest BCUT2D eigenvalue weighted by molar-refractivity contribution is 9.10. The summed E-state index contributed by atoms with van der Waals surface area (Å²) in [5.74, 6) is -0.857. The maximum atomic E-state index is 12.7. The van der Waals surface area contributed by atoms with Crippen LogP contribution in [0, 0.1) is 0 Å². The molecule has 7 heteroatoms. The lowest BCUT2D eigenvalue weighted by Crippen LogP contribution is -2.12. The van der Waals surface area contributed by atoms with E-state index in [1.165, 1.54) is 0 Å². The second-order valence-electron chi connectivity index (χ2n) is 2.81. The van der Waals surface area contributed by atoms with E-state index in [4.69, 9.17) is 5.73 Å². The van der Waals surface area contributed by atoms with E-state index in [1.807, 2.05) is 0 Å². The maximum Gasteiger partial charge on any atom is 0.340 e. The highest BCUT2D eigenvalue weighted by atomic mass is 79.9. The molecule has 1 heterocycles. The molecule has 0 radical (unpaired) electrons. The van der Waals surface area contributed by atoms with Crippen molar-refractivity contribution in [1.82, 2.24) is 4.98 Å². The molecule has 0 aliphatic heterocycles. The molecule has 0 amide bonds. The van der Waals surface area contributed by atoms with Crippen LogP contribution in [-0.4, -0.2) is 17.6 Å². The van der Waals surface area contributed by atoms with Gasteiger partial charge in [-0.3, -0.25) is 0 Å². The van der Waals surface area contributed by atoms with Crippen molar-refractivity contribution in [1.29, 1.82) is 0 Å². The molecule has 1 rings (SSSR count). The highest BCUT2D eigenvalue weighted by Crippen LogP contribution is 2.32. The summed E-state index contributed by atoms with van der Waals surface area (Å²) in [6.45, 7) is 1.67. The zero-order valence-corrected chi connectivity index (χ0v) is 9.92. The van der Waals surface area contributed by atoms with E-state index in [-0.39, 0.29) is 22.5 Å². The number of aromatic nitrogens is 1. The van der Waals surface area contributed by atoms with Crippen LogP contribution in [0.3, 0.4) is 0 Å². The number of hydrogen-bond acceptors (Lipinski definition) is 4. The Labute approximate surface area is 98.9 Å². The molecule has 0 aromatic carbocycles. The van der Waals surface area contributed by atoms with E-state index in [9.17, 15) is 13.6 Å². The van der Waals surface area contributed by atoms with E-state index in [0.29, 0.717) is 0 Å². The second-order valence-corrected chi connectivity index (χ2v) is 3.56. The third kappa shape index (κ3) is 2.46. The van der Waals surface area contributed by atoms with Crippen molar-refractivity contribution in [3.63, 3.8) is 0 Å². The molecule has 0 saturated heterocycles.